The normalized spacial score (nSPS) is 12.6. The number of anilines is 1. The molecule has 0 aliphatic heterocycles. The summed E-state index contributed by atoms with van der Waals surface area (Å²) in [5.74, 6) is 0.852. The topological polar surface area (TPSA) is 68.2 Å². The number of nitrogens with zero attached hydrogens (tertiary/aromatic N) is 1. The van der Waals surface area contributed by atoms with Crippen LogP contribution in [0.25, 0.3) is 0 Å². The number of aromatic nitrogens is 1. The molecule has 16 heavy (non-hydrogen) atoms. The Morgan fingerprint density at radius 1 is 1.56 bits per heavy atom. The molecule has 5 heteroatoms. The van der Waals surface area contributed by atoms with E-state index in [1.54, 1.807) is 28.6 Å². The molecule has 0 spiro atoms. The summed E-state index contributed by atoms with van der Waals surface area (Å²) in [6.45, 7) is 2.94. The Hall–Kier alpha value is -0.940. The summed E-state index contributed by atoms with van der Waals surface area (Å²) in [4.78, 5) is 11.4. The lowest BCUT2D eigenvalue weighted by Gasteiger charge is -2.10. The van der Waals surface area contributed by atoms with Gasteiger partial charge in [-0.1, -0.05) is 6.92 Å². The lowest BCUT2D eigenvalue weighted by molar-refractivity contribution is 0.289. The lowest BCUT2D eigenvalue weighted by atomic mass is 10.3. The molecule has 1 unspecified atom stereocenters. The summed E-state index contributed by atoms with van der Waals surface area (Å²) >= 11 is 1.75. The molecular weight excluding hydrogens is 224 g/mol. The molecule has 1 heterocycles. The summed E-state index contributed by atoms with van der Waals surface area (Å²) in [5.41, 5.74) is 6.19. The highest BCUT2D eigenvalue weighted by Crippen LogP contribution is 2.13. The van der Waals surface area contributed by atoms with E-state index < -0.39 is 0 Å². The van der Waals surface area contributed by atoms with Crippen molar-refractivity contribution in [3.8, 4) is 0 Å². The molecule has 1 atom stereocenters. The number of aliphatic hydroxyl groups is 1. The minimum Gasteiger partial charge on any atom is -0.398 e. The monoisotopic (exact) mass is 242 g/mol. The molecule has 1 aromatic heterocycles. The molecule has 1 rings (SSSR count). The molecule has 0 aliphatic carbocycles. The zero-order valence-corrected chi connectivity index (χ0v) is 10.2. The maximum atomic E-state index is 11.4. The van der Waals surface area contributed by atoms with Gasteiger partial charge in [0.1, 0.15) is 0 Å². The van der Waals surface area contributed by atoms with Crippen LogP contribution in [-0.2, 0) is 6.54 Å². The van der Waals surface area contributed by atoms with Crippen molar-refractivity contribution >= 4 is 17.4 Å². The fraction of sp³-hybridized carbons (Fsp3) is 0.545. The van der Waals surface area contributed by atoms with Gasteiger partial charge in [0.05, 0.1) is 0 Å². The van der Waals surface area contributed by atoms with Gasteiger partial charge in [0, 0.05) is 42.1 Å². The van der Waals surface area contributed by atoms with Crippen molar-refractivity contribution in [3.63, 3.8) is 0 Å². The molecule has 0 saturated heterocycles. The Morgan fingerprint density at radius 2 is 2.31 bits per heavy atom. The largest absolute Gasteiger partial charge is 0.398 e. The SMILES string of the molecule is CC(CCO)SCCn1cc(N)ccc1=O. The van der Waals surface area contributed by atoms with E-state index in [0.29, 0.717) is 17.5 Å². The summed E-state index contributed by atoms with van der Waals surface area (Å²) in [6, 6.07) is 3.09. The van der Waals surface area contributed by atoms with Crippen molar-refractivity contribution in [1.29, 1.82) is 0 Å². The minimum absolute atomic E-state index is 0.0235. The summed E-state index contributed by atoms with van der Waals surface area (Å²) in [6.07, 6.45) is 2.45. The van der Waals surface area contributed by atoms with E-state index in [2.05, 4.69) is 6.92 Å². The standard InChI is InChI=1S/C11H18N2O2S/c1-9(4-6-14)16-7-5-13-8-10(12)2-3-11(13)15/h2-3,8-9,14H,4-7,12H2,1H3. The highest BCUT2D eigenvalue weighted by Gasteiger charge is 2.02. The molecule has 90 valence electrons. The van der Waals surface area contributed by atoms with Crippen LogP contribution >= 0.6 is 11.8 Å². The number of thioether (sulfide) groups is 1. The Balaban J connectivity index is 2.43. The number of rotatable bonds is 6. The van der Waals surface area contributed by atoms with Gasteiger partial charge in [-0.2, -0.15) is 11.8 Å². The first-order valence-corrected chi connectivity index (χ1v) is 6.37. The third-order valence-corrected chi connectivity index (χ3v) is 3.50. The zero-order valence-electron chi connectivity index (χ0n) is 9.43. The fourth-order valence-corrected chi connectivity index (χ4v) is 2.32. The van der Waals surface area contributed by atoms with Crippen molar-refractivity contribution in [1.82, 2.24) is 4.57 Å². The first-order chi connectivity index (χ1) is 7.63. The van der Waals surface area contributed by atoms with E-state index in [4.69, 9.17) is 10.8 Å². The molecule has 0 amide bonds. The van der Waals surface area contributed by atoms with Gasteiger partial charge in [-0.25, -0.2) is 0 Å². The first kappa shape index (κ1) is 13.1. The van der Waals surface area contributed by atoms with Crippen LogP contribution in [0, 0.1) is 0 Å². The van der Waals surface area contributed by atoms with Gasteiger partial charge in [-0.3, -0.25) is 4.79 Å². The molecule has 0 saturated carbocycles. The van der Waals surface area contributed by atoms with Gasteiger partial charge in [-0.05, 0) is 12.5 Å². The Bertz CT molecular complexity index is 378. The van der Waals surface area contributed by atoms with Crippen LogP contribution in [-0.4, -0.2) is 27.3 Å². The van der Waals surface area contributed by atoms with Crippen LogP contribution in [0.2, 0.25) is 0 Å². The van der Waals surface area contributed by atoms with E-state index in [0.717, 1.165) is 12.2 Å². The second-order valence-corrected chi connectivity index (χ2v) is 5.23. The van der Waals surface area contributed by atoms with Gasteiger partial charge < -0.3 is 15.4 Å². The van der Waals surface area contributed by atoms with Crippen molar-refractivity contribution in [2.24, 2.45) is 0 Å². The third-order valence-electron chi connectivity index (χ3n) is 2.28. The molecular formula is C11H18N2O2S. The molecule has 1 aromatic rings. The van der Waals surface area contributed by atoms with Crippen molar-refractivity contribution in [2.75, 3.05) is 18.1 Å². The van der Waals surface area contributed by atoms with Gasteiger partial charge in [0.2, 0.25) is 0 Å². The maximum absolute atomic E-state index is 11.4. The van der Waals surface area contributed by atoms with Crippen LogP contribution in [0.1, 0.15) is 13.3 Å². The Morgan fingerprint density at radius 3 is 3.00 bits per heavy atom. The average Bonchev–Trinajstić information content (AvgIpc) is 2.23. The number of hydrogen-bond donors (Lipinski definition) is 2. The molecule has 3 N–H and O–H groups in total. The molecule has 4 nitrogen and oxygen atoms in total. The van der Waals surface area contributed by atoms with E-state index >= 15 is 0 Å². The smallest absolute Gasteiger partial charge is 0.250 e. The number of aryl methyl sites for hydroxylation is 1. The Kier molecular flexibility index (Phi) is 5.42. The average molecular weight is 242 g/mol. The van der Waals surface area contributed by atoms with E-state index in [1.807, 2.05) is 0 Å². The summed E-state index contributed by atoms with van der Waals surface area (Å²) in [5, 5.41) is 9.17. The second-order valence-electron chi connectivity index (χ2n) is 3.69. The van der Waals surface area contributed by atoms with E-state index in [9.17, 15) is 4.79 Å². The maximum Gasteiger partial charge on any atom is 0.250 e. The van der Waals surface area contributed by atoms with Crippen molar-refractivity contribution < 1.29 is 5.11 Å². The van der Waals surface area contributed by atoms with Gasteiger partial charge in [-0.15, -0.1) is 0 Å². The number of pyridine rings is 1. The van der Waals surface area contributed by atoms with E-state index in [1.165, 1.54) is 6.07 Å². The number of nitrogen functional groups attached to an aromatic ring is 1. The van der Waals surface area contributed by atoms with Crippen molar-refractivity contribution in [3.05, 3.63) is 28.7 Å². The zero-order chi connectivity index (χ0) is 12.0. The van der Waals surface area contributed by atoms with Crippen LogP contribution in [0.5, 0.6) is 0 Å². The highest BCUT2D eigenvalue weighted by molar-refractivity contribution is 7.99. The number of nitrogens with two attached hydrogens (primary N) is 1. The van der Waals surface area contributed by atoms with Gasteiger partial charge in [0.15, 0.2) is 0 Å². The van der Waals surface area contributed by atoms with Crippen LogP contribution < -0.4 is 11.3 Å². The molecule has 0 aromatic carbocycles. The second kappa shape index (κ2) is 6.60. The fourth-order valence-electron chi connectivity index (χ4n) is 1.34. The van der Waals surface area contributed by atoms with Crippen LogP contribution in [0.3, 0.4) is 0 Å². The number of hydrogen-bond acceptors (Lipinski definition) is 4. The third kappa shape index (κ3) is 4.28. The molecule has 0 fully saturated rings. The predicted octanol–water partition coefficient (Wildman–Crippen LogP) is 0.935. The van der Waals surface area contributed by atoms with E-state index in [-0.39, 0.29) is 12.2 Å². The van der Waals surface area contributed by atoms with Crippen molar-refractivity contribution in [2.45, 2.75) is 25.1 Å². The molecule has 0 bridgehead atoms. The molecule has 0 radical (unpaired) electrons. The van der Waals surface area contributed by atoms with Gasteiger partial charge in [0.25, 0.3) is 5.56 Å². The van der Waals surface area contributed by atoms with Gasteiger partial charge >= 0.3 is 0 Å². The first-order valence-electron chi connectivity index (χ1n) is 5.32. The molecule has 0 aliphatic rings. The highest BCUT2D eigenvalue weighted by atomic mass is 32.2. The Labute approximate surface area is 99.5 Å². The number of aliphatic hydroxyl groups excluding tert-OH is 1. The summed E-state index contributed by atoms with van der Waals surface area (Å²) in [7, 11) is 0. The lowest BCUT2D eigenvalue weighted by Crippen LogP contribution is -2.20. The quantitative estimate of drug-likeness (QED) is 0.779. The minimum atomic E-state index is -0.0235. The predicted molar refractivity (Wildman–Crippen MR) is 68.7 cm³/mol. The van der Waals surface area contributed by atoms with Crippen LogP contribution in [0.15, 0.2) is 23.1 Å². The summed E-state index contributed by atoms with van der Waals surface area (Å²) < 4.78 is 1.62. The van der Waals surface area contributed by atoms with Crippen LogP contribution in [0.4, 0.5) is 5.69 Å².